The predicted molar refractivity (Wildman–Crippen MR) is 115 cm³/mol. The maximum atomic E-state index is 13.3. The number of aryl methyl sites for hydroxylation is 1. The molecule has 1 heterocycles. The molecule has 0 aromatic heterocycles. The summed E-state index contributed by atoms with van der Waals surface area (Å²) >= 11 is 0. The van der Waals surface area contributed by atoms with Crippen LogP contribution in [0, 0.1) is 17.0 Å². The minimum atomic E-state index is -3.71. The number of benzene rings is 3. The van der Waals surface area contributed by atoms with Crippen LogP contribution in [0.5, 0.6) is 0 Å². The molecule has 30 heavy (non-hydrogen) atoms. The van der Waals surface area contributed by atoms with Gasteiger partial charge in [-0.3, -0.25) is 10.1 Å². The summed E-state index contributed by atoms with van der Waals surface area (Å²) in [5.74, 6) is 0. The molecule has 4 rings (SSSR count). The highest BCUT2D eigenvalue weighted by atomic mass is 32.2. The van der Waals surface area contributed by atoms with E-state index in [0.29, 0.717) is 0 Å². The molecule has 0 bridgehead atoms. The van der Waals surface area contributed by atoms with Gasteiger partial charge in [-0.1, -0.05) is 72.3 Å². The van der Waals surface area contributed by atoms with Gasteiger partial charge in [0.2, 0.25) is 10.0 Å². The third-order valence-electron chi connectivity index (χ3n) is 5.13. The molecule has 1 aliphatic rings. The van der Waals surface area contributed by atoms with Crippen LogP contribution < -0.4 is 0 Å². The van der Waals surface area contributed by atoms with Gasteiger partial charge in [0.05, 0.1) is 21.9 Å². The Kier molecular flexibility index (Phi) is 5.24. The zero-order valence-electron chi connectivity index (χ0n) is 16.3. The Labute approximate surface area is 175 Å². The van der Waals surface area contributed by atoms with Crippen LogP contribution in [-0.4, -0.2) is 23.7 Å². The Hall–Kier alpha value is -3.29. The molecular formula is C23H20N2O4S. The Morgan fingerprint density at radius 1 is 0.933 bits per heavy atom. The topological polar surface area (TPSA) is 80.3 Å². The molecule has 1 fully saturated rings. The van der Waals surface area contributed by atoms with Crippen molar-refractivity contribution >= 4 is 21.8 Å². The number of nitrogens with zero attached hydrogens (tertiary/aromatic N) is 2. The molecule has 0 spiro atoms. The van der Waals surface area contributed by atoms with Gasteiger partial charge in [0.15, 0.2) is 0 Å². The molecule has 0 aliphatic carbocycles. The van der Waals surface area contributed by atoms with Gasteiger partial charge in [0.25, 0.3) is 5.69 Å². The van der Waals surface area contributed by atoms with E-state index in [-0.39, 0.29) is 16.6 Å². The molecule has 0 saturated carbocycles. The van der Waals surface area contributed by atoms with Crippen molar-refractivity contribution < 1.29 is 13.3 Å². The van der Waals surface area contributed by atoms with Crippen molar-refractivity contribution in [3.63, 3.8) is 0 Å². The van der Waals surface area contributed by atoms with E-state index in [4.69, 9.17) is 0 Å². The summed E-state index contributed by atoms with van der Waals surface area (Å²) in [7, 11) is -3.71. The first-order valence-electron chi connectivity index (χ1n) is 9.46. The van der Waals surface area contributed by atoms with E-state index in [1.54, 1.807) is 36.4 Å². The van der Waals surface area contributed by atoms with E-state index in [1.165, 1.54) is 16.4 Å². The van der Waals surface area contributed by atoms with Crippen molar-refractivity contribution in [2.24, 2.45) is 0 Å². The molecule has 0 radical (unpaired) electrons. The van der Waals surface area contributed by atoms with Crippen LogP contribution in [0.2, 0.25) is 0 Å². The van der Waals surface area contributed by atoms with Crippen molar-refractivity contribution in [3.05, 3.63) is 112 Å². The first-order valence-corrected chi connectivity index (χ1v) is 10.9. The summed E-state index contributed by atoms with van der Waals surface area (Å²) in [6, 6.07) is 21.7. The maximum Gasteiger partial charge on any atom is 0.269 e. The van der Waals surface area contributed by atoms with Gasteiger partial charge in [-0.15, -0.1) is 0 Å². The molecule has 0 amide bonds. The second-order valence-corrected chi connectivity index (χ2v) is 9.05. The van der Waals surface area contributed by atoms with Crippen molar-refractivity contribution in [3.8, 4) is 0 Å². The van der Waals surface area contributed by atoms with Crippen LogP contribution >= 0.6 is 0 Å². The number of hydrogen-bond acceptors (Lipinski definition) is 4. The van der Waals surface area contributed by atoms with E-state index in [9.17, 15) is 18.5 Å². The smallest absolute Gasteiger partial charge is 0.258 e. The lowest BCUT2D eigenvalue weighted by Crippen LogP contribution is -2.14. The quantitative estimate of drug-likeness (QED) is 0.328. The average molecular weight is 420 g/mol. The first-order chi connectivity index (χ1) is 14.4. The van der Waals surface area contributed by atoms with Crippen LogP contribution in [0.3, 0.4) is 0 Å². The lowest BCUT2D eigenvalue weighted by molar-refractivity contribution is -0.384. The Bertz CT molecular complexity index is 1190. The van der Waals surface area contributed by atoms with Crippen LogP contribution in [0.15, 0.2) is 89.8 Å². The van der Waals surface area contributed by atoms with Gasteiger partial charge >= 0.3 is 0 Å². The van der Waals surface area contributed by atoms with Crippen molar-refractivity contribution in [2.45, 2.75) is 23.9 Å². The van der Waals surface area contributed by atoms with Crippen LogP contribution in [-0.2, 0) is 10.0 Å². The van der Waals surface area contributed by atoms with E-state index < -0.39 is 21.0 Å². The minimum Gasteiger partial charge on any atom is -0.258 e. The predicted octanol–water partition coefficient (Wildman–Crippen LogP) is 4.73. The fourth-order valence-electron chi connectivity index (χ4n) is 3.47. The highest BCUT2D eigenvalue weighted by molar-refractivity contribution is 7.89. The van der Waals surface area contributed by atoms with Gasteiger partial charge < -0.3 is 0 Å². The van der Waals surface area contributed by atoms with Crippen molar-refractivity contribution in [2.75, 3.05) is 0 Å². The molecule has 7 heteroatoms. The van der Waals surface area contributed by atoms with Crippen molar-refractivity contribution in [1.82, 2.24) is 4.31 Å². The molecule has 3 aromatic carbocycles. The fraction of sp³-hybridized carbons (Fsp3) is 0.130. The average Bonchev–Trinajstić information content (AvgIpc) is 3.49. The Morgan fingerprint density at radius 3 is 2.17 bits per heavy atom. The van der Waals surface area contributed by atoms with Crippen molar-refractivity contribution in [1.29, 1.82) is 0 Å². The van der Waals surface area contributed by atoms with Gasteiger partial charge in [0.1, 0.15) is 0 Å². The van der Waals surface area contributed by atoms with Gasteiger partial charge in [-0.25, -0.2) is 8.42 Å². The summed E-state index contributed by atoms with van der Waals surface area (Å²) < 4.78 is 28.0. The highest BCUT2D eigenvalue weighted by Gasteiger charge is 2.54. The van der Waals surface area contributed by atoms with E-state index in [2.05, 4.69) is 0 Å². The lowest BCUT2D eigenvalue weighted by atomic mass is 10.1. The molecular weight excluding hydrogens is 400 g/mol. The third-order valence-corrected chi connectivity index (χ3v) is 7.02. The molecule has 1 aliphatic heterocycles. The number of nitro groups is 1. The zero-order valence-corrected chi connectivity index (χ0v) is 17.1. The van der Waals surface area contributed by atoms with Crippen LogP contribution in [0.4, 0.5) is 5.69 Å². The maximum absolute atomic E-state index is 13.3. The standard InChI is InChI=1S/C23H20N2O4S/c1-17-7-14-21(15-8-17)30(28,29)24-22(16-9-18-5-3-2-4-6-18)23(24)19-10-12-20(13-11-19)25(26)27/h2-16,22-23H,1H3/b16-9+/t22-,23-,24?/m0/s1. The number of nitro benzene ring substituents is 1. The highest BCUT2D eigenvalue weighted by Crippen LogP contribution is 2.48. The monoisotopic (exact) mass is 420 g/mol. The minimum absolute atomic E-state index is 0.0243. The lowest BCUT2D eigenvalue weighted by Gasteiger charge is -2.07. The molecule has 6 nitrogen and oxygen atoms in total. The van der Waals surface area contributed by atoms with E-state index in [1.807, 2.05) is 49.4 Å². The number of rotatable bonds is 6. The van der Waals surface area contributed by atoms with E-state index in [0.717, 1.165) is 16.7 Å². The summed E-state index contributed by atoms with van der Waals surface area (Å²) in [4.78, 5) is 10.7. The largest absolute Gasteiger partial charge is 0.269 e. The fourth-order valence-corrected chi connectivity index (χ4v) is 5.19. The zero-order chi connectivity index (χ0) is 21.3. The summed E-state index contributed by atoms with van der Waals surface area (Å²) in [5.41, 5.74) is 2.65. The molecule has 1 unspecified atom stereocenters. The Balaban J connectivity index is 1.68. The second kappa shape index (κ2) is 7.85. The molecule has 0 N–H and O–H groups in total. The number of hydrogen-bond donors (Lipinski definition) is 0. The van der Waals surface area contributed by atoms with Crippen LogP contribution in [0.1, 0.15) is 22.7 Å². The molecule has 3 atom stereocenters. The van der Waals surface area contributed by atoms with E-state index >= 15 is 0 Å². The molecule has 152 valence electrons. The van der Waals surface area contributed by atoms with Gasteiger partial charge in [0, 0.05) is 12.1 Å². The number of sulfonamides is 1. The Morgan fingerprint density at radius 2 is 1.57 bits per heavy atom. The van der Waals surface area contributed by atoms with Gasteiger partial charge in [-0.05, 0) is 30.2 Å². The summed E-state index contributed by atoms with van der Waals surface area (Å²) in [6.07, 6.45) is 3.76. The summed E-state index contributed by atoms with van der Waals surface area (Å²) in [5, 5.41) is 10.9. The normalized spacial score (nSPS) is 20.9. The van der Waals surface area contributed by atoms with Crippen LogP contribution in [0.25, 0.3) is 6.08 Å². The molecule has 3 aromatic rings. The molecule has 1 saturated heterocycles. The SMILES string of the molecule is Cc1ccc(S(=O)(=O)N2[C@@H](/C=C/c3ccccc3)[C@@H]2c2ccc([N+](=O)[O-])cc2)cc1. The summed E-state index contributed by atoms with van der Waals surface area (Å²) in [6.45, 7) is 1.90. The third kappa shape index (κ3) is 3.90. The first kappa shape index (κ1) is 20.0. The number of non-ortho nitro benzene ring substituents is 1. The van der Waals surface area contributed by atoms with Gasteiger partial charge in [-0.2, -0.15) is 4.31 Å². The second-order valence-electron chi connectivity index (χ2n) is 7.20.